The molecule has 2 aromatic rings. The number of carbonyl (C=O) groups excluding carboxylic acids is 1. The van der Waals surface area contributed by atoms with Crippen LogP contribution in [0, 0.1) is 11.2 Å². The van der Waals surface area contributed by atoms with Gasteiger partial charge in [-0.2, -0.15) is 0 Å². The van der Waals surface area contributed by atoms with Crippen LogP contribution in [0.2, 0.25) is 0 Å². The number of carboxylic acids is 1. The third-order valence-corrected chi connectivity index (χ3v) is 5.17. The Labute approximate surface area is 147 Å². The lowest BCUT2D eigenvalue weighted by Crippen LogP contribution is -2.58. The van der Waals surface area contributed by atoms with E-state index in [4.69, 9.17) is 0 Å². The monoisotopic (exact) mass is 364 g/mol. The summed E-state index contributed by atoms with van der Waals surface area (Å²) in [6.45, 7) is 0.132. The first-order valence-electron chi connectivity index (χ1n) is 7.76. The Balaban J connectivity index is 1.88. The van der Waals surface area contributed by atoms with E-state index in [2.05, 4.69) is 4.98 Å². The average Bonchev–Trinajstić information content (AvgIpc) is 3.12. The van der Waals surface area contributed by atoms with E-state index in [1.165, 1.54) is 46.0 Å². The lowest BCUT2D eigenvalue weighted by atomic mass is 9.72. The summed E-state index contributed by atoms with van der Waals surface area (Å²) in [6, 6.07) is 5.48. The number of piperidine rings is 1. The van der Waals surface area contributed by atoms with E-state index in [-0.39, 0.29) is 37.5 Å². The molecule has 2 N–H and O–H groups in total. The van der Waals surface area contributed by atoms with Crippen molar-refractivity contribution in [3.05, 3.63) is 52.2 Å². The van der Waals surface area contributed by atoms with Gasteiger partial charge >= 0.3 is 5.97 Å². The third-order valence-electron chi connectivity index (χ3n) is 4.58. The number of carbonyl (C=O) groups is 2. The van der Waals surface area contributed by atoms with Crippen LogP contribution in [0.1, 0.15) is 22.5 Å². The molecule has 1 saturated heterocycles. The number of benzene rings is 1. The van der Waals surface area contributed by atoms with Gasteiger partial charge in [-0.3, -0.25) is 9.59 Å². The van der Waals surface area contributed by atoms with Crippen molar-refractivity contribution < 1.29 is 24.2 Å². The van der Waals surface area contributed by atoms with E-state index in [0.29, 0.717) is 5.56 Å². The number of aromatic nitrogens is 1. The Kier molecular flexibility index (Phi) is 4.82. The molecule has 3 rings (SSSR count). The van der Waals surface area contributed by atoms with E-state index in [9.17, 15) is 24.2 Å². The van der Waals surface area contributed by atoms with E-state index < -0.39 is 23.3 Å². The van der Waals surface area contributed by atoms with Gasteiger partial charge in [0, 0.05) is 18.5 Å². The number of halogens is 1. The zero-order chi connectivity index (χ0) is 18.0. The molecule has 25 heavy (non-hydrogen) atoms. The zero-order valence-electron chi connectivity index (χ0n) is 13.3. The molecule has 2 atom stereocenters. The number of hydrogen-bond acceptors (Lipinski definition) is 5. The molecule has 1 amide bonds. The fraction of sp³-hybridized carbons (Fsp3) is 0.353. The van der Waals surface area contributed by atoms with Crippen molar-refractivity contribution in [2.24, 2.45) is 5.41 Å². The molecule has 0 bridgehead atoms. The molecule has 0 unspecified atom stereocenters. The Morgan fingerprint density at radius 1 is 1.36 bits per heavy atom. The molecule has 0 radical (unpaired) electrons. The SMILES string of the molecule is O=C(c1cscn1)N1CC[C@H](O)[C@](Cc2ccc(F)cc2)(C(=O)O)C1. The number of hydrogen-bond donors (Lipinski definition) is 2. The minimum Gasteiger partial charge on any atom is -0.481 e. The van der Waals surface area contributed by atoms with Crippen molar-refractivity contribution in [2.45, 2.75) is 18.9 Å². The molecular weight excluding hydrogens is 347 g/mol. The van der Waals surface area contributed by atoms with Crippen LogP contribution in [-0.2, 0) is 11.2 Å². The maximum atomic E-state index is 13.1. The van der Waals surface area contributed by atoms with Gasteiger partial charge in [-0.1, -0.05) is 12.1 Å². The number of amides is 1. The molecule has 1 fully saturated rings. The van der Waals surface area contributed by atoms with Crippen LogP contribution >= 0.6 is 11.3 Å². The Bertz CT molecular complexity index is 765. The van der Waals surface area contributed by atoms with Crippen LogP contribution in [0.3, 0.4) is 0 Å². The van der Waals surface area contributed by atoms with E-state index in [1.54, 1.807) is 5.38 Å². The zero-order valence-corrected chi connectivity index (χ0v) is 14.1. The normalized spacial score (nSPS) is 23.4. The van der Waals surface area contributed by atoms with Gasteiger partial charge in [0.15, 0.2) is 0 Å². The van der Waals surface area contributed by atoms with Gasteiger partial charge in [0.25, 0.3) is 5.91 Å². The first kappa shape index (κ1) is 17.5. The first-order valence-corrected chi connectivity index (χ1v) is 8.70. The van der Waals surface area contributed by atoms with Crippen LogP contribution in [0.15, 0.2) is 35.2 Å². The molecule has 0 aliphatic carbocycles. The second-order valence-corrected chi connectivity index (χ2v) is 6.89. The van der Waals surface area contributed by atoms with Gasteiger partial charge in [0.05, 0.1) is 11.6 Å². The van der Waals surface area contributed by atoms with Crippen molar-refractivity contribution in [2.75, 3.05) is 13.1 Å². The number of likely N-dealkylation sites (tertiary alicyclic amines) is 1. The van der Waals surface area contributed by atoms with Crippen LogP contribution in [0.5, 0.6) is 0 Å². The van der Waals surface area contributed by atoms with Gasteiger partial charge in [0.2, 0.25) is 0 Å². The molecule has 8 heteroatoms. The molecule has 132 valence electrons. The molecule has 1 aromatic carbocycles. The number of aliphatic hydroxyl groups excluding tert-OH is 1. The highest BCUT2D eigenvalue weighted by atomic mass is 32.1. The molecule has 0 spiro atoms. The molecule has 0 saturated carbocycles. The summed E-state index contributed by atoms with van der Waals surface area (Å²) in [6.07, 6.45) is -0.942. The Morgan fingerprint density at radius 2 is 2.08 bits per heavy atom. The summed E-state index contributed by atoms with van der Waals surface area (Å²) in [4.78, 5) is 29.9. The van der Waals surface area contributed by atoms with Crippen LogP contribution < -0.4 is 0 Å². The number of nitrogens with zero attached hydrogens (tertiary/aromatic N) is 2. The highest BCUT2D eigenvalue weighted by molar-refractivity contribution is 7.07. The molecule has 1 aromatic heterocycles. The molecule has 2 heterocycles. The molecule has 6 nitrogen and oxygen atoms in total. The Morgan fingerprint density at radius 3 is 2.68 bits per heavy atom. The summed E-state index contributed by atoms with van der Waals surface area (Å²) in [7, 11) is 0. The smallest absolute Gasteiger partial charge is 0.314 e. The van der Waals surface area contributed by atoms with Crippen molar-refractivity contribution >= 4 is 23.2 Å². The number of rotatable bonds is 4. The first-order chi connectivity index (χ1) is 11.9. The lowest BCUT2D eigenvalue weighted by Gasteiger charge is -2.43. The lowest BCUT2D eigenvalue weighted by molar-refractivity contribution is -0.161. The summed E-state index contributed by atoms with van der Waals surface area (Å²) >= 11 is 1.28. The number of aliphatic hydroxyl groups is 1. The highest BCUT2D eigenvalue weighted by Crippen LogP contribution is 2.35. The van der Waals surface area contributed by atoms with Crippen molar-refractivity contribution in [3.8, 4) is 0 Å². The van der Waals surface area contributed by atoms with Crippen LogP contribution in [0.4, 0.5) is 4.39 Å². The summed E-state index contributed by atoms with van der Waals surface area (Å²) in [5.41, 5.74) is 0.852. The second kappa shape index (κ2) is 6.89. The van der Waals surface area contributed by atoms with E-state index >= 15 is 0 Å². The van der Waals surface area contributed by atoms with Crippen molar-refractivity contribution in [1.82, 2.24) is 9.88 Å². The maximum absolute atomic E-state index is 13.1. The highest BCUT2D eigenvalue weighted by Gasteiger charge is 2.50. The average molecular weight is 364 g/mol. The minimum absolute atomic E-state index is 0.00459. The summed E-state index contributed by atoms with van der Waals surface area (Å²) < 4.78 is 13.1. The van der Waals surface area contributed by atoms with Crippen LogP contribution in [-0.4, -0.2) is 51.2 Å². The third kappa shape index (κ3) is 3.40. The molecule has 1 aliphatic heterocycles. The van der Waals surface area contributed by atoms with Crippen molar-refractivity contribution in [3.63, 3.8) is 0 Å². The predicted molar refractivity (Wildman–Crippen MR) is 88.8 cm³/mol. The fourth-order valence-corrected chi connectivity index (χ4v) is 3.68. The summed E-state index contributed by atoms with van der Waals surface area (Å²) in [5.74, 6) is -1.95. The number of carboxylic acid groups (broad SMARTS) is 1. The van der Waals surface area contributed by atoms with E-state index in [0.717, 1.165) is 0 Å². The topological polar surface area (TPSA) is 90.7 Å². The maximum Gasteiger partial charge on any atom is 0.314 e. The standard InChI is InChI=1S/C17H17FN2O4S/c18-12-3-1-11(2-4-12)7-17(16(23)24)9-20(6-5-14(17)21)15(22)13-8-25-10-19-13/h1-4,8,10,14,21H,5-7,9H2,(H,23,24)/t14-,17+/m0/s1. The fourth-order valence-electron chi connectivity index (χ4n) is 3.16. The largest absolute Gasteiger partial charge is 0.481 e. The van der Waals surface area contributed by atoms with Crippen molar-refractivity contribution in [1.29, 1.82) is 0 Å². The van der Waals surface area contributed by atoms with Gasteiger partial charge in [-0.25, -0.2) is 9.37 Å². The predicted octanol–water partition coefficient (Wildman–Crippen LogP) is 1.80. The number of thiazole rings is 1. The van der Waals surface area contributed by atoms with Crippen LogP contribution in [0.25, 0.3) is 0 Å². The molecular formula is C17H17FN2O4S. The second-order valence-electron chi connectivity index (χ2n) is 6.17. The van der Waals surface area contributed by atoms with E-state index in [1.807, 2.05) is 0 Å². The molecule has 1 aliphatic rings. The van der Waals surface area contributed by atoms with Gasteiger partial charge in [-0.05, 0) is 30.5 Å². The quantitative estimate of drug-likeness (QED) is 0.863. The minimum atomic E-state index is -1.54. The Hall–Kier alpha value is -2.32. The van der Waals surface area contributed by atoms with Gasteiger partial charge in [0.1, 0.15) is 16.9 Å². The van der Waals surface area contributed by atoms with Gasteiger partial charge in [-0.15, -0.1) is 11.3 Å². The summed E-state index contributed by atoms with van der Waals surface area (Å²) in [5, 5.41) is 21.9. The van der Waals surface area contributed by atoms with Gasteiger partial charge < -0.3 is 15.1 Å². The number of aliphatic carboxylic acids is 1.